The van der Waals surface area contributed by atoms with Gasteiger partial charge in [-0.25, -0.2) is 9.97 Å². The first kappa shape index (κ1) is 12.3. The molecule has 0 radical (unpaired) electrons. The van der Waals surface area contributed by atoms with E-state index in [-0.39, 0.29) is 0 Å². The number of anilines is 1. The van der Waals surface area contributed by atoms with E-state index in [1.54, 1.807) is 0 Å². The topological polar surface area (TPSA) is 47.7 Å². The summed E-state index contributed by atoms with van der Waals surface area (Å²) in [6.45, 7) is 1.79. The molecular formula is C14H21N5. The Hall–Kier alpha value is -1.78. The van der Waals surface area contributed by atoms with Gasteiger partial charge in [0.1, 0.15) is 0 Å². The van der Waals surface area contributed by atoms with Crippen molar-refractivity contribution in [1.29, 1.82) is 0 Å². The fourth-order valence-electron chi connectivity index (χ4n) is 2.82. The highest BCUT2D eigenvalue weighted by atomic mass is 15.2. The largest absolute Gasteiger partial charge is 0.354 e. The molecule has 0 aliphatic heterocycles. The van der Waals surface area contributed by atoms with Gasteiger partial charge in [-0.3, -0.25) is 0 Å². The average molecular weight is 259 g/mol. The molecule has 0 amide bonds. The molecule has 1 aliphatic carbocycles. The molecule has 1 fully saturated rings. The monoisotopic (exact) mass is 259 g/mol. The van der Waals surface area contributed by atoms with Crippen LogP contribution in [0.4, 0.5) is 5.95 Å². The lowest BCUT2D eigenvalue weighted by Gasteiger charge is -2.24. The second-order valence-electron chi connectivity index (χ2n) is 5.18. The van der Waals surface area contributed by atoms with Crippen LogP contribution >= 0.6 is 0 Å². The molecule has 5 nitrogen and oxygen atoms in total. The fourth-order valence-corrected chi connectivity index (χ4v) is 2.82. The van der Waals surface area contributed by atoms with Crippen LogP contribution in [-0.4, -0.2) is 25.6 Å². The molecule has 3 rings (SSSR count). The zero-order chi connectivity index (χ0) is 12.9. The minimum atomic E-state index is 0.631. The Labute approximate surface area is 113 Å². The minimum absolute atomic E-state index is 0.631. The van der Waals surface area contributed by atoms with Crippen molar-refractivity contribution < 1.29 is 0 Å². The summed E-state index contributed by atoms with van der Waals surface area (Å²) in [7, 11) is 0. The molecule has 0 atom stereocenters. The van der Waals surface area contributed by atoms with E-state index in [2.05, 4.69) is 30.6 Å². The van der Waals surface area contributed by atoms with Crippen LogP contribution in [0.2, 0.25) is 0 Å². The van der Waals surface area contributed by atoms with E-state index in [1.807, 2.05) is 24.9 Å². The second kappa shape index (κ2) is 5.91. The van der Waals surface area contributed by atoms with Gasteiger partial charge in [-0.1, -0.05) is 19.3 Å². The smallest absolute Gasteiger partial charge is 0.203 e. The van der Waals surface area contributed by atoms with Gasteiger partial charge in [-0.2, -0.15) is 0 Å². The molecular weight excluding hydrogens is 238 g/mol. The van der Waals surface area contributed by atoms with Gasteiger partial charge in [0, 0.05) is 43.9 Å². The maximum absolute atomic E-state index is 4.44. The van der Waals surface area contributed by atoms with Crippen LogP contribution in [0.3, 0.4) is 0 Å². The molecule has 0 spiro atoms. The molecule has 5 heteroatoms. The van der Waals surface area contributed by atoms with E-state index in [4.69, 9.17) is 0 Å². The molecule has 2 heterocycles. The normalized spacial score (nSPS) is 16.6. The van der Waals surface area contributed by atoms with Crippen LogP contribution in [0.1, 0.15) is 38.1 Å². The van der Waals surface area contributed by atoms with Gasteiger partial charge in [0.2, 0.25) is 5.95 Å². The quantitative estimate of drug-likeness (QED) is 0.898. The van der Waals surface area contributed by atoms with Gasteiger partial charge in [0.25, 0.3) is 0 Å². The van der Waals surface area contributed by atoms with Crippen molar-refractivity contribution >= 4 is 5.95 Å². The standard InChI is InChI=1S/C14H21N5/c1-2-4-13(5-3-1)19-11-8-17-14(19)16-7-10-18-9-6-15-12-18/h6,8-9,11-13H,1-5,7,10H2,(H,16,17). The van der Waals surface area contributed by atoms with Crippen LogP contribution in [0, 0.1) is 0 Å². The van der Waals surface area contributed by atoms with Crippen molar-refractivity contribution in [3.63, 3.8) is 0 Å². The van der Waals surface area contributed by atoms with Crippen molar-refractivity contribution in [2.75, 3.05) is 11.9 Å². The molecule has 0 bridgehead atoms. The highest BCUT2D eigenvalue weighted by Crippen LogP contribution is 2.29. The number of nitrogens with one attached hydrogen (secondary N) is 1. The number of nitrogens with zero attached hydrogens (tertiary/aromatic N) is 4. The average Bonchev–Trinajstić information content (AvgIpc) is 3.11. The Morgan fingerprint density at radius 3 is 2.84 bits per heavy atom. The number of imidazole rings is 2. The zero-order valence-electron chi connectivity index (χ0n) is 11.2. The van der Waals surface area contributed by atoms with Gasteiger partial charge >= 0.3 is 0 Å². The maximum Gasteiger partial charge on any atom is 0.203 e. The summed E-state index contributed by atoms with van der Waals surface area (Å²) < 4.78 is 4.38. The Balaban J connectivity index is 1.57. The SMILES string of the molecule is c1cn(CCNc2nccn2C2CCCCC2)cn1. The van der Waals surface area contributed by atoms with Crippen LogP contribution < -0.4 is 5.32 Å². The lowest BCUT2D eigenvalue weighted by atomic mass is 9.95. The van der Waals surface area contributed by atoms with Crippen LogP contribution in [-0.2, 0) is 6.54 Å². The van der Waals surface area contributed by atoms with Crippen LogP contribution in [0.25, 0.3) is 0 Å². The molecule has 1 N–H and O–H groups in total. The van der Waals surface area contributed by atoms with E-state index in [1.165, 1.54) is 32.1 Å². The van der Waals surface area contributed by atoms with E-state index in [0.717, 1.165) is 19.0 Å². The third kappa shape index (κ3) is 2.97. The van der Waals surface area contributed by atoms with Gasteiger partial charge in [-0.15, -0.1) is 0 Å². The highest BCUT2D eigenvalue weighted by molar-refractivity contribution is 5.26. The summed E-state index contributed by atoms with van der Waals surface area (Å²) >= 11 is 0. The van der Waals surface area contributed by atoms with Crippen molar-refractivity contribution in [2.45, 2.75) is 44.7 Å². The Kier molecular flexibility index (Phi) is 3.81. The fraction of sp³-hybridized carbons (Fsp3) is 0.571. The Morgan fingerprint density at radius 1 is 1.16 bits per heavy atom. The summed E-state index contributed by atoms with van der Waals surface area (Å²) in [5, 5.41) is 3.43. The van der Waals surface area contributed by atoms with Gasteiger partial charge in [-0.05, 0) is 12.8 Å². The van der Waals surface area contributed by atoms with E-state index in [9.17, 15) is 0 Å². The first-order valence-corrected chi connectivity index (χ1v) is 7.16. The van der Waals surface area contributed by atoms with Crippen molar-refractivity contribution in [3.8, 4) is 0 Å². The summed E-state index contributed by atoms with van der Waals surface area (Å²) in [6.07, 6.45) is 16.3. The number of hydrogen-bond acceptors (Lipinski definition) is 3. The molecule has 2 aromatic rings. The third-order valence-electron chi connectivity index (χ3n) is 3.85. The summed E-state index contributed by atoms with van der Waals surface area (Å²) in [5.41, 5.74) is 0. The molecule has 1 saturated carbocycles. The summed E-state index contributed by atoms with van der Waals surface area (Å²) in [5.74, 6) is 1.01. The number of hydrogen-bond donors (Lipinski definition) is 1. The molecule has 102 valence electrons. The Bertz CT molecular complexity index is 482. The van der Waals surface area contributed by atoms with Crippen LogP contribution in [0.15, 0.2) is 31.1 Å². The van der Waals surface area contributed by atoms with Gasteiger partial charge in [0.05, 0.1) is 6.33 Å². The van der Waals surface area contributed by atoms with Crippen molar-refractivity contribution in [1.82, 2.24) is 19.1 Å². The van der Waals surface area contributed by atoms with Crippen molar-refractivity contribution in [2.24, 2.45) is 0 Å². The summed E-state index contributed by atoms with van der Waals surface area (Å²) in [4.78, 5) is 8.48. The molecule has 1 aliphatic rings. The number of aromatic nitrogens is 4. The van der Waals surface area contributed by atoms with E-state index in [0.29, 0.717) is 6.04 Å². The zero-order valence-corrected chi connectivity index (χ0v) is 11.2. The summed E-state index contributed by atoms with van der Waals surface area (Å²) in [6, 6.07) is 0.631. The van der Waals surface area contributed by atoms with E-state index < -0.39 is 0 Å². The van der Waals surface area contributed by atoms with Crippen LogP contribution in [0.5, 0.6) is 0 Å². The molecule has 2 aromatic heterocycles. The predicted octanol–water partition coefficient (Wildman–Crippen LogP) is 2.70. The molecule has 0 aromatic carbocycles. The second-order valence-corrected chi connectivity index (χ2v) is 5.18. The van der Waals surface area contributed by atoms with Crippen molar-refractivity contribution in [3.05, 3.63) is 31.1 Å². The Morgan fingerprint density at radius 2 is 2.05 bits per heavy atom. The molecule has 19 heavy (non-hydrogen) atoms. The minimum Gasteiger partial charge on any atom is -0.354 e. The lowest BCUT2D eigenvalue weighted by Crippen LogP contribution is -2.17. The highest BCUT2D eigenvalue weighted by Gasteiger charge is 2.17. The predicted molar refractivity (Wildman–Crippen MR) is 75.1 cm³/mol. The van der Waals surface area contributed by atoms with Gasteiger partial charge < -0.3 is 14.5 Å². The third-order valence-corrected chi connectivity index (χ3v) is 3.85. The van der Waals surface area contributed by atoms with E-state index >= 15 is 0 Å². The van der Waals surface area contributed by atoms with Gasteiger partial charge in [0.15, 0.2) is 0 Å². The molecule has 0 unspecified atom stereocenters. The number of rotatable bonds is 5. The first-order chi connectivity index (χ1) is 9.43. The first-order valence-electron chi connectivity index (χ1n) is 7.16. The maximum atomic E-state index is 4.44. The molecule has 0 saturated heterocycles. The lowest BCUT2D eigenvalue weighted by molar-refractivity contribution is 0.355.